The number of epoxide rings is 1. The molecule has 1 atom stereocenters. The summed E-state index contributed by atoms with van der Waals surface area (Å²) in [5.74, 6) is 1.05. The van der Waals surface area contributed by atoms with E-state index in [0.717, 1.165) is 6.61 Å². The molecule has 1 aliphatic heterocycles. The minimum atomic E-state index is -0.487. The fourth-order valence-electron chi connectivity index (χ4n) is 1.21. The van der Waals surface area contributed by atoms with Gasteiger partial charge in [0.15, 0.2) is 5.76 Å². The fourth-order valence-corrected chi connectivity index (χ4v) is 1.21. The Hall–Kier alpha value is -1.04. The van der Waals surface area contributed by atoms with Crippen LogP contribution in [-0.2, 0) is 14.2 Å². The van der Waals surface area contributed by atoms with Crippen LogP contribution in [-0.4, -0.2) is 33.5 Å². The molecule has 1 aliphatic rings. The summed E-state index contributed by atoms with van der Waals surface area (Å²) in [5, 5.41) is 0. The second-order valence-electron chi connectivity index (χ2n) is 3.23. The molecule has 0 aliphatic carbocycles. The molecule has 0 N–H and O–H groups in total. The zero-order valence-corrected chi connectivity index (χ0v) is 8.76. The number of ether oxygens (including phenoxy) is 4. The molecule has 1 saturated heterocycles. The molecule has 0 saturated carbocycles. The van der Waals surface area contributed by atoms with E-state index in [0.29, 0.717) is 18.3 Å². The van der Waals surface area contributed by atoms with Crippen molar-refractivity contribution in [1.82, 2.24) is 0 Å². The van der Waals surface area contributed by atoms with Gasteiger partial charge in [0, 0.05) is 20.3 Å². The van der Waals surface area contributed by atoms with Crippen LogP contribution < -0.4 is 4.74 Å². The van der Waals surface area contributed by atoms with Crippen molar-refractivity contribution in [2.75, 3.05) is 27.4 Å². The monoisotopic (exact) mass is 214 g/mol. The highest BCUT2D eigenvalue weighted by Crippen LogP contribution is 2.25. The lowest BCUT2D eigenvalue weighted by Gasteiger charge is -2.09. The van der Waals surface area contributed by atoms with Crippen molar-refractivity contribution in [2.24, 2.45) is 0 Å². The molecule has 15 heavy (non-hydrogen) atoms. The Morgan fingerprint density at radius 2 is 2.13 bits per heavy atom. The highest BCUT2D eigenvalue weighted by Gasteiger charge is 2.24. The summed E-state index contributed by atoms with van der Waals surface area (Å²) in [5.41, 5.74) is 0. The third-order valence-electron chi connectivity index (χ3n) is 2.08. The van der Waals surface area contributed by atoms with Crippen LogP contribution in [0.2, 0.25) is 0 Å². The summed E-state index contributed by atoms with van der Waals surface area (Å²) in [7, 11) is 3.10. The van der Waals surface area contributed by atoms with Gasteiger partial charge >= 0.3 is 0 Å². The Morgan fingerprint density at radius 1 is 1.40 bits per heavy atom. The second kappa shape index (κ2) is 4.65. The Morgan fingerprint density at radius 3 is 2.73 bits per heavy atom. The number of hydrogen-bond acceptors (Lipinski definition) is 5. The first-order chi connectivity index (χ1) is 7.33. The van der Waals surface area contributed by atoms with Crippen molar-refractivity contribution in [2.45, 2.75) is 12.4 Å². The van der Waals surface area contributed by atoms with Crippen LogP contribution >= 0.6 is 0 Å². The first kappa shape index (κ1) is 10.5. The molecule has 0 radical (unpaired) electrons. The first-order valence-corrected chi connectivity index (χ1v) is 4.73. The van der Waals surface area contributed by atoms with E-state index < -0.39 is 6.29 Å². The predicted molar refractivity (Wildman–Crippen MR) is 50.7 cm³/mol. The van der Waals surface area contributed by atoms with E-state index in [9.17, 15) is 0 Å². The molecular formula is C10H14O5. The van der Waals surface area contributed by atoms with Crippen molar-refractivity contribution < 1.29 is 23.4 Å². The highest BCUT2D eigenvalue weighted by atomic mass is 16.7. The zero-order valence-electron chi connectivity index (χ0n) is 8.76. The van der Waals surface area contributed by atoms with E-state index in [1.54, 1.807) is 26.4 Å². The summed E-state index contributed by atoms with van der Waals surface area (Å²) in [6, 6.07) is 3.50. The molecule has 1 aromatic heterocycles. The van der Waals surface area contributed by atoms with Gasteiger partial charge in [-0.05, 0) is 6.07 Å². The standard InChI is InChI=1S/C10H14O5/c1-11-10(12-2)8-3-4-9(15-8)14-6-7-5-13-7/h3-4,7,10H,5-6H2,1-2H3. The lowest BCUT2D eigenvalue weighted by Crippen LogP contribution is -2.03. The number of rotatable bonds is 6. The summed E-state index contributed by atoms with van der Waals surface area (Å²) in [6.07, 6.45) is -0.265. The average molecular weight is 214 g/mol. The minimum Gasteiger partial charge on any atom is -0.462 e. The van der Waals surface area contributed by atoms with E-state index in [2.05, 4.69) is 0 Å². The average Bonchev–Trinajstić information content (AvgIpc) is 2.97. The van der Waals surface area contributed by atoms with Crippen molar-refractivity contribution in [3.63, 3.8) is 0 Å². The molecule has 0 spiro atoms. The molecule has 0 bridgehead atoms. The molecule has 5 nitrogen and oxygen atoms in total. The normalized spacial score (nSPS) is 19.5. The molecule has 84 valence electrons. The van der Waals surface area contributed by atoms with Crippen molar-refractivity contribution in [3.05, 3.63) is 17.9 Å². The zero-order chi connectivity index (χ0) is 10.7. The Bertz CT molecular complexity index is 301. The fraction of sp³-hybridized carbons (Fsp3) is 0.600. The van der Waals surface area contributed by atoms with Crippen LogP contribution in [0, 0.1) is 0 Å². The van der Waals surface area contributed by atoms with E-state index in [1.807, 2.05) is 0 Å². The van der Waals surface area contributed by atoms with Crippen LogP contribution in [0.25, 0.3) is 0 Å². The van der Waals surface area contributed by atoms with Crippen LogP contribution in [0.5, 0.6) is 5.95 Å². The molecule has 0 amide bonds. The van der Waals surface area contributed by atoms with Gasteiger partial charge in [0.1, 0.15) is 12.7 Å². The van der Waals surface area contributed by atoms with E-state index in [1.165, 1.54) is 0 Å². The van der Waals surface area contributed by atoms with E-state index >= 15 is 0 Å². The van der Waals surface area contributed by atoms with Crippen LogP contribution in [0.3, 0.4) is 0 Å². The summed E-state index contributed by atoms with van der Waals surface area (Å²) >= 11 is 0. The van der Waals surface area contributed by atoms with Gasteiger partial charge in [-0.2, -0.15) is 0 Å². The SMILES string of the molecule is COC(OC)c1ccc(OCC2CO2)o1. The maximum absolute atomic E-state index is 5.38. The molecule has 2 rings (SSSR count). The van der Waals surface area contributed by atoms with Gasteiger partial charge in [-0.15, -0.1) is 0 Å². The van der Waals surface area contributed by atoms with Gasteiger partial charge < -0.3 is 23.4 Å². The van der Waals surface area contributed by atoms with Gasteiger partial charge in [-0.3, -0.25) is 0 Å². The van der Waals surface area contributed by atoms with Crippen molar-refractivity contribution >= 4 is 0 Å². The predicted octanol–water partition coefficient (Wildman–Crippen LogP) is 1.35. The van der Waals surface area contributed by atoms with Crippen molar-refractivity contribution in [1.29, 1.82) is 0 Å². The molecular weight excluding hydrogens is 200 g/mol. The third kappa shape index (κ3) is 2.71. The van der Waals surface area contributed by atoms with Gasteiger partial charge in [-0.25, -0.2) is 0 Å². The smallest absolute Gasteiger partial charge is 0.284 e. The Kier molecular flexibility index (Phi) is 3.25. The molecule has 1 unspecified atom stereocenters. The topological polar surface area (TPSA) is 53.4 Å². The third-order valence-corrected chi connectivity index (χ3v) is 2.08. The van der Waals surface area contributed by atoms with Crippen molar-refractivity contribution in [3.8, 4) is 5.95 Å². The number of hydrogen-bond donors (Lipinski definition) is 0. The largest absolute Gasteiger partial charge is 0.462 e. The van der Waals surface area contributed by atoms with Gasteiger partial charge in [0.25, 0.3) is 5.95 Å². The Labute approximate surface area is 87.9 Å². The first-order valence-electron chi connectivity index (χ1n) is 4.73. The molecule has 5 heteroatoms. The van der Waals surface area contributed by atoms with E-state index in [-0.39, 0.29) is 6.10 Å². The van der Waals surface area contributed by atoms with Gasteiger partial charge in [0.2, 0.25) is 6.29 Å². The summed E-state index contributed by atoms with van der Waals surface area (Å²) in [6.45, 7) is 1.30. The highest BCUT2D eigenvalue weighted by molar-refractivity contribution is 5.12. The second-order valence-corrected chi connectivity index (χ2v) is 3.23. The molecule has 1 aromatic rings. The van der Waals surface area contributed by atoms with Gasteiger partial charge in [-0.1, -0.05) is 0 Å². The summed E-state index contributed by atoms with van der Waals surface area (Å²) < 4.78 is 25.8. The minimum absolute atomic E-state index is 0.221. The van der Waals surface area contributed by atoms with E-state index in [4.69, 9.17) is 23.4 Å². The maximum Gasteiger partial charge on any atom is 0.284 e. The number of furan rings is 1. The molecule has 0 aromatic carbocycles. The van der Waals surface area contributed by atoms with Crippen LogP contribution in [0.4, 0.5) is 0 Å². The van der Waals surface area contributed by atoms with Crippen LogP contribution in [0.1, 0.15) is 12.1 Å². The lowest BCUT2D eigenvalue weighted by atomic mass is 10.4. The van der Waals surface area contributed by atoms with Gasteiger partial charge in [0.05, 0.1) is 6.61 Å². The number of methoxy groups -OCH3 is 2. The quantitative estimate of drug-likeness (QED) is 0.528. The Balaban J connectivity index is 1.89. The summed E-state index contributed by atoms with van der Waals surface area (Å²) in [4.78, 5) is 0. The maximum atomic E-state index is 5.38. The molecule has 1 fully saturated rings. The molecule has 2 heterocycles. The lowest BCUT2D eigenvalue weighted by molar-refractivity contribution is -0.118. The van der Waals surface area contributed by atoms with Crippen LogP contribution in [0.15, 0.2) is 16.5 Å².